The number of aromatic amines is 1. The van der Waals surface area contributed by atoms with Gasteiger partial charge in [-0.2, -0.15) is 13.2 Å². The van der Waals surface area contributed by atoms with E-state index in [0.29, 0.717) is 12.2 Å². The summed E-state index contributed by atoms with van der Waals surface area (Å²) in [5, 5.41) is 6.37. The Morgan fingerprint density at radius 1 is 1.30 bits per heavy atom. The molecule has 0 radical (unpaired) electrons. The third kappa shape index (κ3) is 3.24. The fourth-order valence-corrected chi connectivity index (χ4v) is 2.69. The van der Waals surface area contributed by atoms with Crippen molar-refractivity contribution in [2.24, 2.45) is 0 Å². The van der Waals surface area contributed by atoms with Gasteiger partial charge in [-0.25, -0.2) is 4.98 Å². The summed E-state index contributed by atoms with van der Waals surface area (Å²) >= 11 is 0. The monoisotopic (exact) mass is 303 g/mol. The zero-order chi connectivity index (χ0) is 14.8. The number of nitrogens with one attached hydrogen (secondary N) is 1. The minimum atomic E-state index is -4.46. The van der Waals surface area contributed by atoms with Crippen molar-refractivity contribution in [2.75, 3.05) is 0 Å². The highest BCUT2D eigenvalue weighted by atomic mass is 32.2. The van der Waals surface area contributed by atoms with E-state index in [2.05, 4.69) is 15.2 Å². The summed E-state index contributed by atoms with van der Waals surface area (Å²) in [6, 6.07) is 5.07. The van der Waals surface area contributed by atoms with Crippen LogP contribution < -0.4 is 0 Å². The van der Waals surface area contributed by atoms with Crippen molar-refractivity contribution in [3.8, 4) is 0 Å². The average Bonchev–Trinajstić information content (AvgIpc) is 2.87. The number of benzene rings is 1. The van der Waals surface area contributed by atoms with E-state index in [-0.39, 0.29) is 16.5 Å². The fourth-order valence-electron chi connectivity index (χ4n) is 1.67. The molecule has 108 valence electrons. The van der Waals surface area contributed by atoms with Crippen LogP contribution in [-0.2, 0) is 29.1 Å². The van der Waals surface area contributed by atoms with Crippen LogP contribution in [0, 0.1) is 0 Å². The SMILES string of the molecule is CCc1nc([S@@](=O)Cc2ccccc2C(F)(F)F)n[nH]1. The lowest BCUT2D eigenvalue weighted by atomic mass is 10.1. The molecule has 0 bridgehead atoms. The van der Waals surface area contributed by atoms with Gasteiger partial charge < -0.3 is 0 Å². The third-order valence-corrected chi connectivity index (χ3v) is 3.82. The normalized spacial score (nSPS) is 13.4. The molecule has 4 nitrogen and oxygen atoms in total. The Kier molecular flexibility index (Phi) is 4.22. The Labute approximate surface area is 115 Å². The standard InChI is InChI=1S/C12H12F3N3OS/c1-2-10-16-11(18-17-10)20(19)7-8-5-3-4-6-9(8)12(13,14)15/h3-6H,2,7H2,1H3,(H,16,17,18)/t20-/m0/s1. The number of halogens is 3. The lowest BCUT2D eigenvalue weighted by Gasteiger charge is -2.11. The van der Waals surface area contributed by atoms with Gasteiger partial charge in [0.1, 0.15) is 5.82 Å². The van der Waals surface area contributed by atoms with Gasteiger partial charge in [0.05, 0.1) is 22.1 Å². The molecule has 0 unspecified atom stereocenters. The molecule has 0 aliphatic heterocycles. The van der Waals surface area contributed by atoms with Crippen LogP contribution in [0.15, 0.2) is 29.4 Å². The molecule has 1 atom stereocenters. The molecule has 0 aliphatic rings. The van der Waals surface area contributed by atoms with Crippen molar-refractivity contribution in [1.82, 2.24) is 15.2 Å². The molecule has 20 heavy (non-hydrogen) atoms. The van der Waals surface area contributed by atoms with Crippen LogP contribution in [0.4, 0.5) is 13.2 Å². The van der Waals surface area contributed by atoms with E-state index in [1.54, 1.807) is 0 Å². The Morgan fingerprint density at radius 2 is 2.00 bits per heavy atom. The summed E-state index contributed by atoms with van der Waals surface area (Å²) in [4.78, 5) is 3.97. The fraction of sp³-hybridized carbons (Fsp3) is 0.333. The van der Waals surface area contributed by atoms with Crippen LogP contribution in [-0.4, -0.2) is 19.4 Å². The number of hydrogen-bond acceptors (Lipinski definition) is 3. The molecule has 0 fully saturated rings. The van der Waals surface area contributed by atoms with Crippen molar-refractivity contribution in [1.29, 1.82) is 0 Å². The quantitative estimate of drug-likeness (QED) is 0.944. The zero-order valence-electron chi connectivity index (χ0n) is 10.6. The van der Waals surface area contributed by atoms with Gasteiger partial charge in [-0.05, 0) is 11.6 Å². The summed E-state index contributed by atoms with van der Waals surface area (Å²) in [6.45, 7) is 1.84. The van der Waals surface area contributed by atoms with Crippen molar-refractivity contribution >= 4 is 10.8 Å². The zero-order valence-corrected chi connectivity index (χ0v) is 11.4. The Balaban J connectivity index is 2.24. The Hall–Kier alpha value is -1.70. The lowest BCUT2D eigenvalue weighted by molar-refractivity contribution is -0.138. The third-order valence-electron chi connectivity index (χ3n) is 2.66. The van der Waals surface area contributed by atoms with Gasteiger partial charge in [0.25, 0.3) is 0 Å². The van der Waals surface area contributed by atoms with Crippen LogP contribution in [0.2, 0.25) is 0 Å². The van der Waals surface area contributed by atoms with E-state index in [1.807, 2.05) is 6.92 Å². The molecule has 1 aromatic heterocycles. The van der Waals surface area contributed by atoms with E-state index in [0.717, 1.165) is 6.07 Å². The molecule has 2 aromatic rings. The molecular weight excluding hydrogens is 291 g/mol. The van der Waals surface area contributed by atoms with Gasteiger partial charge in [0, 0.05) is 6.42 Å². The molecule has 0 aliphatic carbocycles. The summed E-state index contributed by atoms with van der Waals surface area (Å²) in [6.07, 6.45) is -3.88. The van der Waals surface area contributed by atoms with Gasteiger partial charge in [0.15, 0.2) is 0 Å². The minimum absolute atomic E-state index is 0.0267. The maximum atomic E-state index is 12.8. The highest BCUT2D eigenvalue weighted by Crippen LogP contribution is 2.32. The summed E-state index contributed by atoms with van der Waals surface area (Å²) in [5.74, 6) is 0.286. The van der Waals surface area contributed by atoms with Crippen LogP contribution >= 0.6 is 0 Å². The summed E-state index contributed by atoms with van der Waals surface area (Å²) in [5.41, 5.74) is -0.805. The number of aromatic nitrogens is 3. The van der Waals surface area contributed by atoms with Gasteiger partial charge in [-0.15, -0.1) is 5.10 Å². The molecule has 0 saturated carbocycles. The number of H-pyrrole nitrogens is 1. The van der Waals surface area contributed by atoms with Gasteiger partial charge in [0.2, 0.25) is 5.16 Å². The Bertz CT molecular complexity index is 624. The van der Waals surface area contributed by atoms with E-state index in [1.165, 1.54) is 18.2 Å². The summed E-state index contributed by atoms with van der Waals surface area (Å²) < 4.78 is 50.5. The first-order valence-electron chi connectivity index (χ1n) is 5.86. The van der Waals surface area contributed by atoms with Crippen molar-refractivity contribution in [2.45, 2.75) is 30.4 Å². The van der Waals surface area contributed by atoms with Crippen LogP contribution in [0.3, 0.4) is 0 Å². The Morgan fingerprint density at radius 3 is 2.60 bits per heavy atom. The van der Waals surface area contributed by atoms with Gasteiger partial charge in [-0.3, -0.25) is 9.31 Å². The predicted octanol–water partition coefficient (Wildman–Crippen LogP) is 2.69. The first-order valence-corrected chi connectivity index (χ1v) is 7.18. The first kappa shape index (κ1) is 14.7. The highest BCUT2D eigenvalue weighted by molar-refractivity contribution is 7.84. The highest BCUT2D eigenvalue weighted by Gasteiger charge is 2.33. The number of hydrogen-bond donors (Lipinski definition) is 1. The average molecular weight is 303 g/mol. The molecule has 2 rings (SSSR count). The smallest absolute Gasteiger partial charge is 0.262 e. The molecule has 1 N–H and O–H groups in total. The topological polar surface area (TPSA) is 58.6 Å². The lowest BCUT2D eigenvalue weighted by Crippen LogP contribution is -2.11. The van der Waals surface area contributed by atoms with E-state index in [9.17, 15) is 17.4 Å². The largest absolute Gasteiger partial charge is 0.416 e. The van der Waals surface area contributed by atoms with Crippen molar-refractivity contribution < 1.29 is 17.4 Å². The van der Waals surface area contributed by atoms with Gasteiger partial charge in [-0.1, -0.05) is 25.1 Å². The second kappa shape index (κ2) is 5.74. The number of aryl methyl sites for hydroxylation is 1. The maximum Gasteiger partial charge on any atom is 0.416 e. The molecule has 0 saturated heterocycles. The minimum Gasteiger partial charge on any atom is -0.262 e. The molecule has 8 heteroatoms. The van der Waals surface area contributed by atoms with Gasteiger partial charge >= 0.3 is 6.18 Å². The van der Waals surface area contributed by atoms with E-state index in [4.69, 9.17) is 0 Å². The van der Waals surface area contributed by atoms with E-state index >= 15 is 0 Å². The summed E-state index contributed by atoms with van der Waals surface area (Å²) in [7, 11) is -1.71. The van der Waals surface area contributed by atoms with Crippen molar-refractivity contribution in [3.05, 3.63) is 41.2 Å². The maximum absolute atomic E-state index is 12.8. The second-order valence-corrected chi connectivity index (χ2v) is 5.41. The van der Waals surface area contributed by atoms with Crippen molar-refractivity contribution in [3.63, 3.8) is 0 Å². The molecule has 0 amide bonds. The first-order chi connectivity index (χ1) is 9.41. The predicted molar refractivity (Wildman–Crippen MR) is 67.3 cm³/mol. The van der Waals surface area contributed by atoms with E-state index < -0.39 is 22.5 Å². The number of alkyl halides is 3. The molecule has 1 heterocycles. The number of nitrogens with zero attached hydrogens (tertiary/aromatic N) is 2. The number of rotatable bonds is 4. The molecule has 0 spiro atoms. The second-order valence-electron chi connectivity index (χ2n) is 4.06. The van der Waals surface area contributed by atoms with Crippen LogP contribution in [0.5, 0.6) is 0 Å². The molecule has 1 aromatic carbocycles. The molecular formula is C12H12F3N3OS. The van der Waals surface area contributed by atoms with Crippen LogP contribution in [0.25, 0.3) is 0 Å². The van der Waals surface area contributed by atoms with Crippen LogP contribution in [0.1, 0.15) is 23.9 Å².